The average Bonchev–Trinajstić information content (AvgIpc) is 3.10. The van der Waals surface area contributed by atoms with Crippen LogP contribution in [0, 0.1) is 11.8 Å². The lowest BCUT2D eigenvalue weighted by atomic mass is 9.97. The second-order valence-corrected chi connectivity index (χ2v) is 18.8. The zero-order chi connectivity index (χ0) is 39.5. The summed E-state index contributed by atoms with van der Waals surface area (Å²) in [5, 5.41) is 0. The molecule has 0 spiro atoms. The van der Waals surface area contributed by atoms with Gasteiger partial charge in [0, 0.05) is 13.0 Å². The van der Waals surface area contributed by atoms with Crippen molar-refractivity contribution in [3.63, 3.8) is 0 Å². The number of carbonyl (C=O) groups excluding carboxylic acids is 1. The Balaban J connectivity index is 4.43. The smallest absolute Gasteiger partial charge is 0.306 e. The molecule has 0 aliphatic rings. The van der Waals surface area contributed by atoms with Crippen LogP contribution in [0.2, 0.25) is 0 Å². The third-order valence-corrected chi connectivity index (χ3v) is 11.3. The van der Waals surface area contributed by atoms with Gasteiger partial charge in [0.1, 0.15) is 19.3 Å². The fourth-order valence-corrected chi connectivity index (χ4v) is 7.39. The number of phosphoric acid groups is 1. The summed E-state index contributed by atoms with van der Waals surface area (Å²) in [6, 6.07) is 0. The minimum atomic E-state index is -4.53. The fourth-order valence-electron chi connectivity index (χ4n) is 6.66. The summed E-state index contributed by atoms with van der Waals surface area (Å²) in [5.74, 6) is 0.482. The van der Waals surface area contributed by atoms with E-state index in [2.05, 4.69) is 27.7 Å². The Labute approximate surface area is 329 Å². The molecular formula is C44H90NO7P. The van der Waals surface area contributed by atoms with Crippen molar-refractivity contribution >= 4 is 13.8 Å². The molecule has 0 heterocycles. The highest BCUT2D eigenvalue weighted by molar-refractivity contribution is 7.45. The number of nitrogens with zero attached hydrogens (tertiary/aromatic N) is 1. The number of unbranched alkanes of at least 4 members (excludes halogenated alkanes) is 22. The summed E-state index contributed by atoms with van der Waals surface area (Å²) in [6.45, 7) is 9.80. The molecule has 318 valence electrons. The normalized spacial score (nSPS) is 14.9. The Morgan fingerprint density at radius 1 is 0.566 bits per heavy atom. The molecule has 4 atom stereocenters. The molecule has 8 nitrogen and oxygen atoms in total. The highest BCUT2D eigenvalue weighted by Crippen LogP contribution is 2.38. The molecule has 9 heteroatoms. The Kier molecular flexibility index (Phi) is 35.5. The van der Waals surface area contributed by atoms with Crippen LogP contribution in [0.5, 0.6) is 0 Å². The molecule has 0 aliphatic carbocycles. The second-order valence-electron chi connectivity index (χ2n) is 17.3. The van der Waals surface area contributed by atoms with Gasteiger partial charge in [-0.15, -0.1) is 0 Å². The monoisotopic (exact) mass is 776 g/mol. The molecule has 3 unspecified atom stereocenters. The van der Waals surface area contributed by atoms with E-state index < -0.39 is 13.9 Å². The van der Waals surface area contributed by atoms with Gasteiger partial charge in [0.2, 0.25) is 0 Å². The topological polar surface area (TPSA) is 94.1 Å². The second kappa shape index (κ2) is 35.9. The number of quaternary nitrogens is 1. The zero-order valence-electron chi connectivity index (χ0n) is 36.3. The number of ether oxygens (including phenoxy) is 2. The number of hydrogen-bond acceptors (Lipinski definition) is 7. The van der Waals surface area contributed by atoms with Crippen LogP contribution in [-0.4, -0.2) is 70.7 Å². The van der Waals surface area contributed by atoms with Gasteiger partial charge in [-0.05, 0) is 24.7 Å². The van der Waals surface area contributed by atoms with Gasteiger partial charge in [0.25, 0.3) is 7.82 Å². The van der Waals surface area contributed by atoms with Crippen molar-refractivity contribution in [1.29, 1.82) is 0 Å². The molecule has 0 aromatic carbocycles. The summed E-state index contributed by atoms with van der Waals surface area (Å²) in [4.78, 5) is 25.3. The van der Waals surface area contributed by atoms with E-state index in [0.717, 1.165) is 19.3 Å². The molecule has 0 saturated heterocycles. The van der Waals surface area contributed by atoms with Crippen LogP contribution in [0.3, 0.4) is 0 Å². The Bertz CT molecular complexity index is 852. The minimum absolute atomic E-state index is 0.0267. The van der Waals surface area contributed by atoms with Crippen molar-refractivity contribution in [2.24, 2.45) is 11.8 Å². The molecule has 0 aromatic rings. The van der Waals surface area contributed by atoms with Crippen LogP contribution >= 0.6 is 7.82 Å². The lowest BCUT2D eigenvalue weighted by Crippen LogP contribution is -2.37. The number of phosphoric ester groups is 1. The van der Waals surface area contributed by atoms with Gasteiger partial charge in [-0.2, -0.15) is 0 Å². The molecule has 0 amide bonds. The van der Waals surface area contributed by atoms with Gasteiger partial charge in [0.15, 0.2) is 0 Å². The van der Waals surface area contributed by atoms with Crippen molar-refractivity contribution in [3.8, 4) is 0 Å². The van der Waals surface area contributed by atoms with E-state index in [-0.39, 0.29) is 25.8 Å². The zero-order valence-corrected chi connectivity index (χ0v) is 37.2. The average molecular weight is 776 g/mol. The summed E-state index contributed by atoms with van der Waals surface area (Å²) in [6.07, 6.45) is 34.6. The maximum atomic E-state index is 12.9. The highest BCUT2D eigenvalue weighted by atomic mass is 31.2. The largest absolute Gasteiger partial charge is 0.756 e. The number of likely N-dealkylation sites (N-methyl/N-ethyl adjacent to an activating group) is 1. The fraction of sp³-hybridized carbons (Fsp3) is 0.977. The summed E-state index contributed by atoms with van der Waals surface area (Å²) < 4.78 is 35.0. The van der Waals surface area contributed by atoms with Crippen molar-refractivity contribution in [2.75, 3.05) is 54.1 Å². The number of carbonyl (C=O) groups is 1. The van der Waals surface area contributed by atoms with Crippen molar-refractivity contribution in [2.45, 2.75) is 214 Å². The van der Waals surface area contributed by atoms with Crippen molar-refractivity contribution < 1.29 is 37.3 Å². The molecule has 0 bridgehead atoms. The Hall–Kier alpha value is -0.500. The summed E-state index contributed by atoms with van der Waals surface area (Å²) >= 11 is 0. The van der Waals surface area contributed by atoms with E-state index in [4.69, 9.17) is 18.5 Å². The quantitative estimate of drug-likeness (QED) is 0.0264. The van der Waals surface area contributed by atoms with Gasteiger partial charge in [-0.3, -0.25) is 9.36 Å². The minimum Gasteiger partial charge on any atom is -0.756 e. The first-order chi connectivity index (χ1) is 25.4. The van der Waals surface area contributed by atoms with Crippen LogP contribution in [0.1, 0.15) is 207 Å². The molecule has 0 saturated carbocycles. The third kappa shape index (κ3) is 39.5. The maximum absolute atomic E-state index is 12.9. The van der Waals surface area contributed by atoms with Crippen LogP contribution in [0.25, 0.3) is 0 Å². The molecule has 0 aromatic heterocycles. The number of rotatable bonds is 41. The summed E-state index contributed by atoms with van der Waals surface area (Å²) in [7, 11) is 1.36. The van der Waals surface area contributed by atoms with E-state index in [1.165, 1.54) is 154 Å². The predicted octanol–water partition coefficient (Wildman–Crippen LogP) is 12.4. The molecule has 0 radical (unpaired) electrons. The number of hydrogen-bond donors (Lipinski definition) is 0. The molecule has 53 heavy (non-hydrogen) atoms. The van der Waals surface area contributed by atoms with Crippen LogP contribution in [0.15, 0.2) is 0 Å². The van der Waals surface area contributed by atoms with E-state index >= 15 is 0 Å². The SMILES string of the molecule is CCCCCCCCCCCCCCC(C)CCC(=O)O[C@H](COCC(C)CCCCCCCCCCCCCC)COP(=O)([O-])OCC[N+](C)(C)C. The summed E-state index contributed by atoms with van der Waals surface area (Å²) in [5.41, 5.74) is 0. The molecule has 0 fully saturated rings. The first-order valence-electron chi connectivity index (χ1n) is 22.6. The third-order valence-electron chi connectivity index (χ3n) is 10.4. The lowest BCUT2D eigenvalue weighted by Gasteiger charge is -2.28. The van der Waals surface area contributed by atoms with Crippen LogP contribution in [-0.2, 0) is 27.9 Å². The van der Waals surface area contributed by atoms with Crippen molar-refractivity contribution in [3.05, 3.63) is 0 Å². The van der Waals surface area contributed by atoms with E-state index in [1.807, 2.05) is 21.1 Å². The van der Waals surface area contributed by atoms with Gasteiger partial charge >= 0.3 is 5.97 Å². The van der Waals surface area contributed by atoms with Gasteiger partial charge in [0.05, 0.1) is 34.4 Å². The lowest BCUT2D eigenvalue weighted by molar-refractivity contribution is -0.870. The van der Waals surface area contributed by atoms with Gasteiger partial charge in [-0.1, -0.05) is 188 Å². The van der Waals surface area contributed by atoms with Crippen LogP contribution < -0.4 is 4.89 Å². The molecule has 0 aliphatic heterocycles. The van der Waals surface area contributed by atoms with Gasteiger partial charge in [-0.25, -0.2) is 0 Å². The van der Waals surface area contributed by atoms with Gasteiger partial charge < -0.3 is 27.9 Å². The first-order valence-corrected chi connectivity index (χ1v) is 24.0. The Morgan fingerprint density at radius 3 is 1.42 bits per heavy atom. The Morgan fingerprint density at radius 2 is 0.981 bits per heavy atom. The predicted molar refractivity (Wildman–Crippen MR) is 222 cm³/mol. The van der Waals surface area contributed by atoms with Crippen LogP contribution in [0.4, 0.5) is 0 Å². The molecule has 0 N–H and O–H groups in total. The molecular weight excluding hydrogens is 685 g/mol. The van der Waals surface area contributed by atoms with E-state index in [9.17, 15) is 14.3 Å². The maximum Gasteiger partial charge on any atom is 0.306 e. The number of esters is 1. The highest BCUT2D eigenvalue weighted by Gasteiger charge is 2.21. The van der Waals surface area contributed by atoms with E-state index in [0.29, 0.717) is 35.9 Å². The van der Waals surface area contributed by atoms with E-state index in [1.54, 1.807) is 0 Å². The molecule has 0 rings (SSSR count). The van der Waals surface area contributed by atoms with Crippen molar-refractivity contribution in [1.82, 2.24) is 0 Å². The first kappa shape index (κ1) is 52.5. The standard InChI is InChI=1S/C44H90NO7P/c1-8-10-12-14-16-18-20-22-24-26-28-30-32-41(3)34-35-44(46)52-43(40-51-53(47,48)50-37-36-45(5,6)7)39-49-38-42(4)33-31-29-27-25-23-21-19-17-15-13-11-9-2/h41-43H,8-40H2,1-7H3/t41?,42?,43-/m1/s1.